The molecule has 0 spiro atoms. The fraction of sp³-hybridized carbons (Fsp3) is 0.720. The molecule has 32 heavy (non-hydrogen) atoms. The monoisotopic (exact) mass is 467 g/mol. The lowest BCUT2D eigenvalue weighted by Crippen LogP contribution is -2.46. The number of carbonyl (C=O) groups excluding carboxylic acids is 1. The molecule has 1 aliphatic carbocycles. The number of hydrogen-bond acceptors (Lipinski definition) is 4. The van der Waals surface area contributed by atoms with Crippen LogP contribution in [0.4, 0.5) is 9.18 Å². The Hall–Kier alpha value is -1.44. The second-order valence-electron chi connectivity index (χ2n) is 11.3. The van der Waals surface area contributed by atoms with Gasteiger partial charge in [0.05, 0.1) is 18.8 Å². The first-order valence-electron chi connectivity index (χ1n) is 11.7. The average Bonchev–Trinajstić information content (AvgIpc) is 2.64. The first kappa shape index (κ1) is 26.8. The molecule has 0 saturated heterocycles. The van der Waals surface area contributed by atoms with Gasteiger partial charge in [0.2, 0.25) is 0 Å². The van der Waals surface area contributed by atoms with Gasteiger partial charge in [0, 0.05) is 12.5 Å². The number of hydrogen-bond donors (Lipinski definition) is 1. The molecular weight excluding hydrogens is 425 g/mol. The summed E-state index contributed by atoms with van der Waals surface area (Å²) in [5, 5.41) is 2.85. The van der Waals surface area contributed by atoms with Crippen molar-refractivity contribution in [3.63, 3.8) is 0 Å². The predicted octanol–water partition coefficient (Wildman–Crippen LogP) is 6.55. The van der Waals surface area contributed by atoms with Gasteiger partial charge in [0.15, 0.2) is 8.32 Å². The molecule has 7 heteroatoms. The van der Waals surface area contributed by atoms with Crippen LogP contribution in [0.5, 0.6) is 0 Å². The maximum atomic E-state index is 14.9. The van der Waals surface area contributed by atoms with Crippen LogP contribution < -0.4 is 5.32 Å². The van der Waals surface area contributed by atoms with Gasteiger partial charge < -0.3 is 19.2 Å². The third kappa shape index (κ3) is 8.16. The van der Waals surface area contributed by atoms with E-state index in [1.165, 1.54) is 0 Å². The topological polar surface area (TPSA) is 56.8 Å². The number of carbonyl (C=O) groups is 1. The molecule has 0 bridgehead atoms. The maximum absolute atomic E-state index is 14.9. The Bertz CT molecular complexity index is 730. The molecule has 1 N–H and O–H groups in total. The summed E-state index contributed by atoms with van der Waals surface area (Å²) in [7, 11) is -2.04. The summed E-state index contributed by atoms with van der Waals surface area (Å²) in [5.41, 5.74) is 0.476. The molecule has 4 atom stereocenters. The highest BCUT2D eigenvalue weighted by atomic mass is 28.4. The number of halogens is 1. The Morgan fingerprint density at radius 1 is 1.12 bits per heavy atom. The van der Waals surface area contributed by atoms with Crippen molar-refractivity contribution in [3.05, 3.63) is 35.9 Å². The number of ether oxygens (including phenoxy) is 2. The summed E-state index contributed by atoms with van der Waals surface area (Å²) in [6, 6.07) is 9.79. The van der Waals surface area contributed by atoms with Crippen LogP contribution in [-0.4, -0.2) is 44.9 Å². The Kier molecular flexibility index (Phi) is 8.93. The quantitative estimate of drug-likeness (QED) is 0.462. The van der Waals surface area contributed by atoms with E-state index in [0.717, 1.165) is 5.56 Å². The lowest BCUT2D eigenvalue weighted by molar-refractivity contribution is -0.0606. The molecule has 0 aliphatic heterocycles. The van der Waals surface area contributed by atoms with Crippen LogP contribution in [0.3, 0.4) is 0 Å². The van der Waals surface area contributed by atoms with Gasteiger partial charge in [0.1, 0.15) is 11.8 Å². The van der Waals surface area contributed by atoms with Crippen molar-refractivity contribution in [2.75, 3.05) is 6.61 Å². The normalized spacial score (nSPS) is 23.5. The van der Waals surface area contributed by atoms with E-state index in [2.05, 4.69) is 39.2 Å². The molecule has 1 unspecified atom stereocenters. The van der Waals surface area contributed by atoms with Crippen LogP contribution in [0, 0.1) is 0 Å². The highest BCUT2D eigenvalue weighted by molar-refractivity contribution is 6.74. The van der Waals surface area contributed by atoms with Crippen LogP contribution in [0.2, 0.25) is 18.1 Å². The van der Waals surface area contributed by atoms with Crippen molar-refractivity contribution in [1.82, 2.24) is 5.32 Å². The van der Waals surface area contributed by atoms with Crippen LogP contribution in [-0.2, 0) is 13.9 Å². The molecule has 1 amide bonds. The second kappa shape index (κ2) is 10.7. The Morgan fingerprint density at radius 3 is 2.28 bits per heavy atom. The first-order valence-corrected chi connectivity index (χ1v) is 14.6. The van der Waals surface area contributed by atoms with Gasteiger partial charge in [-0.25, -0.2) is 9.18 Å². The smallest absolute Gasteiger partial charge is 0.407 e. The molecule has 1 saturated carbocycles. The zero-order chi connectivity index (χ0) is 24.2. The molecule has 1 aromatic rings. The van der Waals surface area contributed by atoms with Crippen molar-refractivity contribution >= 4 is 14.4 Å². The fourth-order valence-corrected chi connectivity index (χ4v) is 4.76. The van der Waals surface area contributed by atoms with E-state index < -0.39 is 32.3 Å². The molecule has 1 fully saturated rings. The van der Waals surface area contributed by atoms with Crippen molar-refractivity contribution in [2.24, 2.45) is 0 Å². The van der Waals surface area contributed by atoms with Crippen molar-refractivity contribution < 1.29 is 23.1 Å². The maximum Gasteiger partial charge on any atom is 0.407 e. The predicted molar refractivity (Wildman–Crippen MR) is 129 cm³/mol. The molecule has 1 aromatic carbocycles. The SMILES string of the molecule is CC(C)(C)OC(=O)N[C@H]1CC[C@H](OCC(O[Si](C)(C)C(C)(C)C)c2ccccc2)[C@@H](F)C1. The largest absolute Gasteiger partial charge is 0.444 e. The van der Waals surface area contributed by atoms with Gasteiger partial charge in [-0.3, -0.25) is 0 Å². The van der Waals surface area contributed by atoms with E-state index in [1.54, 1.807) is 0 Å². The first-order chi connectivity index (χ1) is 14.7. The third-order valence-corrected chi connectivity index (χ3v) is 10.8. The van der Waals surface area contributed by atoms with Crippen LogP contribution in [0.1, 0.15) is 72.5 Å². The lowest BCUT2D eigenvalue weighted by Gasteiger charge is -2.40. The molecule has 0 radical (unpaired) electrons. The zero-order valence-electron chi connectivity index (χ0n) is 21.0. The second-order valence-corrected chi connectivity index (χ2v) is 16.1. The Labute approximate surface area is 194 Å². The summed E-state index contributed by atoms with van der Waals surface area (Å²) < 4.78 is 32.9. The van der Waals surface area contributed by atoms with Gasteiger partial charge in [-0.15, -0.1) is 0 Å². The minimum absolute atomic E-state index is 0.0635. The van der Waals surface area contributed by atoms with Gasteiger partial charge in [-0.05, 0) is 57.3 Å². The standard InChI is InChI=1S/C25H42FNO4Si/c1-24(2,3)30-23(28)27-19-14-15-21(20(26)16-19)29-17-22(18-12-10-9-11-13-18)31-32(7,8)25(4,5)6/h9-13,19-22H,14-17H2,1-8H3,(H,27,28)/t19-,20-,21-,22?/m0/s1. The molecular formula is C25H42FNO4Si. The number of rotatable bonds is 7. The highest BCUT2D eigenvalue weighted by Gasteiger charge is 2.40. The fourth-order valence-electron chi connectivity index (χ4n) is 3.49. The minimum Gasteiger partial charge on any atom is -0.444 e. The van der Waals surface area contributed by atoms with E-state index in [-0.39, 0.29) is 23.6 Å². The van der Waals surface area contributed by atoms with Crippen molar-refractivity contribution in [1.29, 1.82) is 0 Å². The number of amides is 1. The van der Waals surface area contributed by atoms with Crippen LogP contribution in [0.15, 0.2) is 30.3 Å². The molecule has 182 valence electrons. The molecule has 2 rings (SSSR count). The Morgan fingerprint density at radius 2 is 1.75 bits per heavy atom. The van der Waals surface area contributed by atoms with E-state index in [0.29, 0.717) is 19.4 Å². The number of alkyl carbamates (subject to hydrolysis) is 1. The number of alkyl halides is 1. The van der Waals surface area contributed by atoms with E-state index in [4.69, 9.17) is 13.9 Å². The molecule has 0 aromatic heterocycles. The summed E-state index contributed by atoms with van der Waals surface area (Å²) in [4.78, 5) is 12.0. The summed E-state index contributed by atoms with van der Waals surface area (Å²) in [5.74, 6) is 0. The zero-order valence-corrected chi connectivity index (χ0v) is 22.0. The van der Waals surface area contributed by atoms with Gasteiger partial charge in [0.25, 0.3) is 0 Å². The minimum atomic E-state index is -2.04. The summed E-state index contributed by atoms with van der Waals surface area (Å²) in [6.07, 6.45) is -0.952. The van der Waals surface area contributed by atoms with Gasteiger partial charge >= 0.3 is 6.09 Å². The van der Waals surface area contributed by atoms with E-state index >= 15 is 0 Å². The van der Waals surface area contributed by atoms with E-state index in [1.807, 2.05) is 51.1 Å². The molecule has 1 aliphatic rings. The summed E-state index contributed by atoms with van der Waals surface area (Å²) in [6.45, 7) is 16.8. The highest BCUT2D eigenvalue weighted by Crippen LogP contribution is 2.40. The molecule has 0 heterocycles. The third-order valence-electron chi connectivity index (χ3n) is 6.31. The molecule has 5 nitrogen and oxygen atoms in total. The van der Waals surface area contributed by atoms with Crippen LogP contribution >= 0.6 is 0 Å². The summed E-state index contributed by atoms with van der Waals surface area (Å²) >= 11 is 0. The van der Waals surface area contributed by atoms with Gasteiger partial charge in [-0.1, -0.05) is 51.1 Å². The van der Waals surface area contributed by atoms with Crippen molar-refractivity contribution in [2.45, 2.75) is 109 Å². The average molecular weight is 468 g/mol. The Balaban J connectivity index is 1.96. The van der Waals surface area contributed by atoms with Crippen LogP contribution in [0.25, 0.3) is 0 Å². The number of benzene rings is 1. The lowest BCUT2D eigenvalue weighted by atomic mass is 9.91. The number of nitrogens with one attached hydrogen (secondary N) is 1. The van der Waals surface area contributed by atoms with Crippen molar-refractivity contribution in [3.8, 4) is 0 Å². The van der Waals surface area contributed by atoms with E-state index in [9.17, 15) is 9.18 Å². The van der Waals surface area contributed by atoms with Gasteiger partial charge in [-0.2, -0.15) is 0 Å².